The first-order valence-electron chi connectivity index (χ1n) is 6.24. The van der Waals surface area contributed by atoms with Crippen LogP contribution in [0.2, 0.25) is 10.0 Å². The van der Waals surface area contributed by atoms with Gasteiger partial charge in [-0.1, -0.05) is 23.2 Å². The van der Waals surface area contributed by atoms with Gasteiger partial charge in [-0.2, -0.15) is 5.26 Å². The van der Waals surface area contributed by atoms with Gasteiger partial charge in [0.15, 0.2) is 0 Å². The van der Waals surface area contributed by atoms with E-state index in [9.17, 15) is 9.59 Å². The molecule has 6 nitrogen and oxygen atoms in total. The van der Waals surface area contributed by atoms with Gasteiger partial charge in [-0.15, -0.1) is 0 Å². The Balaban J connectivity index is 3.00. The number of halogens is 2. The molecule has 0 radical (unpaired) electrons. The van der Waals surface area contributed by atoms with Gasteiger partial charge in [0, 0.05) is 31.2 Å². The number of nitriles is 1. The maximum atomic E-state index is 12.1. The number of benzene rings is 1. The van der Waals surface area contributed by atoms with E-state index in [1.165, 1.54) is 24.0 Å². The zero-order chi connectivity index (χ0) is 16.7. The highest BCUT2D eigenvalue weighted by Crippen LogP contribution is 2.25. The summed E-state index contributed by atoms with van der Waals surface area (Å²) in [6.45, 7) is 1.72. The van der Waals surface area contributed by atoms with Crippen LogP contribution in [0.3, 0.4) is 0 Å². The number of carbonyl (C=O) groups is 2. The molecule has 1 aromatic rings. The van der Waals surface area contributed by atoms with Crippen molar-refractivity contribution in [3.8, 4) is 6.07 Å². The predicted octanol–water partition coefficient (Wildman–Crippen LogP) is 2.15. The zero-order valence-corrected chi connectivity index (χ0v) is 13.3. The second-order valence-electron chi connectivity index (χ2n) is 4.23. The molecule has 1 aromatic carbocycles. The topological polar surface area (TPSA) is 99.2 Å². The van der Waals surface area contributed by atoms with Crippen molar-refractivity contribution in [2.24, 2.45) is 5.73 Å². The molecule has 22 heavy (non-hydrogen) atoms. The van der Waals surface area contributed by atoms with Crippen molar-refractivity contribution < 1.29 is 9.59 Å². The average molecular weight is 341 g/mol. The van der Waals surface area contributed by atoms with E-state index in [-0.39, 0.29) is 35.3 Å². The van der Waals surface area contributed by atoms with Gasteiger partial charge in [0.2, 0.25) is 5.91 Å². The van der Waals surface area contributed by atoms with E-state index in [2.05, 4.69) is 5.32 Å². The Morgan fingerprint density at radius 1 is 1.45 bits per heavy atom. The van der Waals surface area contributed by atoms with Gasteiger partial charge in [0.25, 0.3) is 5.91 Å². The Kier molecular flexibility index (Phi) is 6.86. The monoisotopic (exact) mass is 340 g/mol. The minimum Gasteiger partial charge on any atom is -0.329 e. The lowest BCUT2D eigenvalue weighted by Gasteiger charge is -2.15. The molecule has 3 N–H and O–H groups in total. The van der Waals surface area contributed by atoms with Gasteiger partial charge in [0.05, 0.1) is 10.7 Å². The van der Waals surface area contributed by atoms with Crippen molar-refractivity contribution in [1.29, 1.82) is 5.26 Å². The van der Waals surface area contributed by atoms with Gasteiger partial charge in [-0.25, -0.2) is 0 Å². The summed E-state index contributed by atoms with van der Waals surface area (Å²) in [5.74, 6) is -1.03. The predicted molar refractivity (Wildman–Crippen MR) is 85.2 cm³/mol. The van der Waals surface area contributed by atoms with Crippen molar-refractivity contribution in [3.63, 3.8) is 0 Å². The quantitative estimate of drug-likeness (QED) is 0.633. The van der Waals surface area contributed by atoms with E-state index >= 15 is 0 Å². The van der Waals surface area contributed by atoms with E-state index < -0.39 is 5.91 Å². The molecular formula is C14H14Cl2N4O2. The van der Waals surface area contributed by atoms with Crippen LogP contribution in [0.25, 0.3) is 0 Å². The highest BCUT2D eigenvalue weighted by molar-refractivity contribution is 6.35. The Labute approximate surface area is 138 Å². The van der Waals surface area contributed by atoms with Crippen LogP contribution in [0.15, 0.2) is 30.0 Å². The first-order valence-corrected chi connectivity index (χ1v) is 7.00. The number of nitrogens with two attached hydrogens (primary N) is 1. The van der Waals surface area contributed by atoms with Crippen molar-refractivity contribution in [1.82, 2.24) is 4.90 Å². The summed E-state index contributed by atoms with van der Waals surface area (Å²) in [6, 6.07) is 6.28. The summed E-state index contributed by atoms with van der Waals surface area (Å²) in [4.78, 5) is 24.7. The first kappa shape index (κ1) is 18.0. The van der Waals surface area contributed by atoms with Gasteiger partial charge < -0.3 is 16.0 Å². The Morgan fingerprint density at radius 3 is 2.68 bits per heavy atom. The van der Waals surface area contributed by atoms with Gasteiger partial charge in [-0.3, -0.25) is 9.59 Å². The SMILES string of the molecule is CC(=O)N(/C=C(/C#N)C(=O)Nc1cc(Cl)ccc1Cl)CCN. The summed E-state index contributed by atoms with van der Waals surface area (Å²) in [6.07, 6.45) is 1.16. The zero-order valence-electron chi connectivity index (χ0n) is 11.8. The van der Waals surface area contributed by atoms with Crippen molar-refractivity contribution >= 4 is 40.7 Å². The molecule has 2 amide bonds. The van der Waals surface area contributed by atoms with E-state index in [0.29, 0.717) is 5.02 Å². The third-order valence-corrected chi connectivity index (χ3v) is 3.17. The molecule has 0 bridgehead atoms. The van der Waals surface area contributed by atoms with E-state index in [1.54, 1.807) is 12.1 Å². The van der Waals surface area contributed by atoms with Crippen LogP contribution in [0.5, 0.6) is 0 Å². The molecule has 0 atom stereocenters. The first-order chi connectivity index (χ1) is 10.4. The van der Waals surface area contributed by atoms with Gasteiger partial charge >= 0.3 is 0 Å². The van der Waals surface area contributed by atoms with Crippen LogP contribution < -0.4 is 11.1 Å². The number of nitrogens with zero attached hydrogens (tertiary/aromatic N) is 2. The number of hydrogen-bond acceptors (Lipinski definition) is 4. The molecule has 0 unspecified atom stereocenters. The number of amides is 2. The molecule has 0 aromatic heterocycles. The smallest absolute Gasteiger partial charge is 0.267 e. The average Bonchev–Trinajstić information content (AvgIpc) is 2.46. The molecule has 0 aliphatic carbocycles. The lowest BCUT2D eigenvalue weighted by molar-refractivity contribution is -0.126. The largest absolute Gasteiger partial charge is 0.329 e. The lowest BCUT2D eigenvalue weighted by atomic mass is 10.2. The standard InChI is InChI=1S/C14H14Cl2N4O2/c1-9(21)20(5-4-17)8-10(7-18)14(22)19-13-6-11(15)2-3-12(13)16/h2-3,6,8H,4-5,17H2,1H3,(H,19,22)/b10-8-. The van der Waals surface area contributed by atoms with Gasteiger partial charge in [0.1, 0.15) is 11.6 Å². The molecule has 116 valence electrons. The van der Waals surface area contributed by atoms with Crippen LogP contribution in [-0.2, 0) is 9.59 Å². The lowest BCUT2D eigenvalue weighted by Crippen LogP contribution is -2.30. The van der Waals surface area contributed by atoms with E-state index in [4.69, 9.17) is 34.2 Å². The van der Waals surface area contributed by atoms with Crippen LogP contribution in [0.1, 0.15) is 6.92 Å². The second-order valence-corrected chi connectivity index (χ2v) is 5.08. The molecular weight excluding hydrogens is 327 g/mol. The van der Waals surface area contributed by atoms with Crippen LogP contribution >= 0.6 is 23.2 Å². The highest BCUT2D eigenvalue weighted by atomic mass is 35.5. The molecule has 0 saturated heterocycles. The van der Waals surface area contributed by atoms with Crippen molar-refractivity contribution in [2.45, 2.75) is 6.92 Å². The maximum Gasteiger partial charge on any atom is 0.267 e. The summed E-state index contributed by atoms with van der Waals surface area (Å²) in [7, 11) is 0. The fraction of sp³-hybridized carbons (Fsp3) is 0.214. The van der Waals surface area contributed by atoms with E-state index in [0.717, 1.165) is 6.20 Å². The molecule has 8 heteroatoms. The van der Waals surface area contributed by atoms with Crippen LogP contribution in [-0.4, -0.2) is 29.8 Å². The fourth-order valence-corrected chi connectivity index (χ4v) is 1.87. The Morgan fingerprint density at radius 2 is 2.14 bits per heavy atom. The third-order valence-electron chi connectivity index (χ3n) is 2.60. The Bertz CT molecular complexity index is 653. The number of hydrogen-bond donors (Lipinski definition) is 2. The van der Waals surface area contributed by atoms with Crippen LogP contribution in [0.4, 0.5) is 5.69 Å². The maximum absolute atomic E-state index is 12.1. The number of anilines is 1. The van der Waals surface area contributed by atoms with E-state index in [1.807, 2.05) is 0 Å². The third kappa shape index (κ3) is 5.04. The molecule has 0 fully saturated rings. The Hall–Kier alpha value is -2.07. The molecule has 1 rings (SSSR count). The summed E-state index contributed by atoms with van der Waals surface area (Å²) >= 11 is 11.8. The van der Waals surface area contributed by atoms with Crippen molar-refractivity contribution in [2.75, 3.05) is 18.4 Å². The molecule has 0 spiro atoms. The summed E-state index contributed by atoms with van der Waals surface area (Å²) in [5, 5.41) is 12.2. The molecule has 0 aliphatic heterocycles. The van der Waals surface area contributed by atoms with Gasteiger partial charge in [-0.05, 0) is 18.2 Å². The molecule has 0 aliphatic rings. The fourth-order valence-electron chi connectivity index (χ4n) is 1.53. The van der Waals surface area contributed by atoms with Crippen molar-refractivity contribution in [3.05, 3.63) is 40.0 Å². The number of rotatable bonds is 5. The summed E-state index contributed by atoms with van der Waals surface area (Å²) in [5.41, 5.74) is 5.40. The normalized spacial score (nSPS) is 10.8. The summed E-state index contributed by atoms with van der Waals surface area (Å²) < 4.78 is 0. The minimum atomic E-state index is -0.699. The number of carbonyl (C=O) groups excluding carboxylic acids is 2. The molecule has 0 heterocycles. The number of nitrogens with one attached hydrogen (secondary N) is 1. The highest BCUT2D eigenvalue weighted by Gasteiger charge is 2.15. The second kappa shape index (κ2) is 8.39. The van der Waals surface area contributed by atoms with Crippen LogP contribution in [0, 0.1) is 11.3 Å². The minimum absolute atomic E-state index is 0.200. The molecule has 0 saturated carbocycles.